The van der Waals surface area contributed by atoms with Crippen molar-refractivity contribution in [1.29, 1.82) is 0 Å². The van der Waals surface area contributed by atoms with Crippen molar-refractivity contribution >= 4 is 45.7 Å². The van der Waals surface area contributed by atoms with Gasteiger partial charge < -0.3 is 9.73 Å². The fourth-order valence-corrected chi connectivity index (χ4v) is 3.23. The second kappa shape index (κ2) is 7.77. The first-order valence-corrected chi connectivity index (χ1v) is 9.41. The van der Waals surface area contributed by atoms with Gasteiger partial charge in [-0.05, 0) is 35.0 Å². The number of benzene rings is 2. The van der Waals surface area contributed by atoms with E-state index in [1.165, 1.54) is 0 Å². The van der Waals surface area contributed by atoms with Crippen LogP contribution in [0.4, 0.5) is 5.69 Å². The number of anilines is 1. The Bertz CT molecular complexity index is 1120. The summed E-state index contributed by atoms with van der Waals surface area (Å²) in [7, 11) is 0. The Balaban J connectivity index is 1.41. The number of hydrogen-bond donors (Lipinski definition) is 1. The molecule has 2 aromatic carbocycles. The third-order valence-electron chi connectivity index (χ3n) is 3.76. The molecule has 2 heterocycles. The van der Waals surface area contributed by atoms with Crippen molar-refractivity contribution < 1.29 is 9.21 Å². The molecule has 1 N–H and O–H groups in total. The van der Waals surface area contributed by atoms with Crippen molar-refractivity contribution in [2.24, 2.45) is 0 Å². The largest absolute Gasteiger partial charge is 0.411 e. The summed E-state index contributed by atoms with van der Waals surface area (Å²) in [5, 5.41) is 13.6. The third kappa shape index (κ3) is 4.10. The van der Waals surface area contributed by atoms with Crippen LogP contribution in [0.25, 0.3) is 22.2 Å². The predicted octanol–water partition coefficient (Wildman–Crippen LogP) is 4.67. The van der Waals surface area contributed by atoms with Crippen LogP contribution in [0.1, 0.15) is 0 Å². The van der Waals surface area contributed by atoms with E-state index in [0.717, 1.165) is 28.1 Å². The van der Waals surface area contributed by atoms with Crippen LogP contribution in [0.2, 0.25) is 5.15 Å². The van der Waals surface area contributed by atoms with Gasteiger partial charge in [-0.15, -0.1) is 10.2 Å². The Morgan fingerprint density at radius 3 is 2.78 bits per heavy atom. The van der Waals surface area contributed by atoms with Gasteiger partial charge in [0, 0.05) is 11.8 Å². The summed E-state index contributed by atoms with van der Waals surface area (Å²) in [4.78, 5) is 16.0. The minimum Gasteiger partial charge on any atom is -0.411 e. The molecule has 2 aromatic heterocycles. The Morgan fingerprint density at radius 1 is 1.07 bits per heavy atom. The number of aromatic nitrogens is 3. The first-order chi connectivity index (χ1) is 13.2. The van der Waals surface area contributed by atoms with Crippen molar-refractivity contribution in [3.8, 4) is 11.5 Å². The molecule has 0 atom stereocenters. The fourth-order valence-electron chi connectivity index (χ4n) is 2.50. The highest BCUT2D eigenvalue weighted by Gasteiger charge is 2.12. The smallest absolute Gasteiger partial charge is 0.277 e. The zero-order chi connectivity index (χ0) is 18.6. The van der Waals surface area contributed by atoms with Gasteiger partial charge in [0.25, 0.3) is 5.22 Å². The van der Waals surface area contributed by atoms with Gasteiger partial charge in [0.05, 0.1) is 11.4 Å². The number of amides is 1. The Labute approximate surface area is 164 Å². The summed E-state index contributed by atoms with van der Waals surface area (Å²) in [5.41, 5.74) is 1.30. The van der Waals surface area contributed by atoms with Crippen LogP contribution in [0.15, 0.2) is 70.4 Å². The molecule has 134 valence electrons. The van der Waals surface area contributed by atoms with Crippen molar-refractivity contribution in [2.75, 3.05) is 11.1 Å². The molecule has 6 nitrogen and oxygen atoms in total. The van der Waals surface area contributed by atoms with Crippen LogP contribution < -0.4 is 5.32 Å². The van der Waals surface area contributed by atoms with Crippen molar-refractivity contribution in [1.82, 2.24) is 15.2 Å². The van der Waals surface area contributed by atoms with E-state index in [4.69, 9.17) is 16.0 Å². The normalized spacial score (nSPS) is 10.9. The molecule has 1 amide bonds. The second-order valence-electron chi connectivity index (χ2n) is 5.61. The Kier molecular flexibility index (Phi) is 5.04. The second-order valence-corrected chi connectivity index (χ2v) is 6.90. The number of nitrogens with one attached hydrogen (secondary N) is 1. The van der Waals surface area contributed by atoms with E-state index in [1.54, 1.807) is 18.3 Å². The molecule has 0 fully saturated rings. The van der Waals surface area contributed by atoms with Crippen LogP contribution in [0, 0.1) is 0 Å². The topological polar surface area (TPSA) is 80.9 Å². The number of halogens is 1. The lowest BCUT2D eigenvalue weighted by Crippen LogP contribution is -2.14. The van der Waals surface area contributed by atoms with Crippen molar-refractivity contribution in [3.63, 3.8) is 0 Å². The van der Waals surface area contributed by atoms with E-state index >= 15 is 0 Å². The van der Waals surface area contributed by atoms with Gasteiger partial charge in [0.1, 0.15) is 0 Å². The highest BCUT2D eigenvalue weighted by atomic mass is 35.5. The number of hydrogen-bond acceptors (Lipinski definition) is 6. The predicted molar refractivity (Wildman–Crippen MR) is 106 cm³/mol. The monoisotopic (exact) mass is 396 g/mol. The molecule has 4 rings (SSSR count). The van der Waals surface area contributed by atoms with Crippen molar-refractivity contribution in [2.45, 2.75) is 5.22 Å². The maximum Gasteiger partial charge on any atom is 0.277 e. The van der Waals surface area contributed by atoms with Gasteiger partial charge in [0.2, 0.25) is 11.8 Å². The van der Waals surface area contributed by atoms with E-state index in [1.807, 2.05) is 42.5 Å². The molecule has 4 aromatic rings. The number of rotatable bonds is 5. The molecule has 0 spiro atoms. The average molecular weight is 397 g/mol. The average Bonchev–Trinajstić information content (AvgIpc) is 3.17. The zero-order valence-electron chi connectivity index (χ0n) is 13.9. The fraction of sp³-hybridized carbons (Fsp3) is 0.0526. The van der Waals surface area contributed by atoms with Crippen LogP contribution >= 0.6 is 23.4 Å². The number of pyridine rings is 1. The van der Waals surface area contributed by atoms with Crippen molar-refractivity contribution in [3.05, 3.63) is 65.9 Å². The lowest BCUT2D eigenvalue weighted by molar-refractivity contribution is -0.113. The van der Waals surface area contributed by atoms with Crippen LogP contribution in [0.5, 0.6) is 0 Å². The lowest BCUT2D eigenvalue weighted by atomic mass is 10.1. The SMILES string of the molecule is O=C(CSc1nnc(-c2ccc3ccccc3c2)o1)Nc1cccnc1Cl. The van der Waals surface area contributed by atoms with Crippen LogP contribution in [0.3, 0.4) is 0 Å². The standard InChI is InChI=1S/C19H13ClN4O2S/c20-17-15(6-3-9-21-17)22-16(25)11-27-19-24-23-18(26-19)14-8-7-12-4-1-2-5-13(12)10-14/h1-10H,11H2,(H,22,25). The number of thioether (sulfide) groups is 1. The molecule has 8 heteroatoms. The minimum atomic E-state index is -0.236. The van der Waals surface area contributed by atoms with Gasteiger partial charge >= 0.3 is 0 Å². The molecule has 0 saturated carbocycles. The summed E-state index contributed by atoms with van der Waals surface area (Å²) >= 11 is 7.08. The first-order valence-electron chi connectivity index (χ1n) is 8.05. The Morgan fingerprint density at radius 2 is 1.93 bits per heavy atom. The quantitative estimate of drug-likeness (QED) is 0.390. The molecule has 0 bridgehead atoms. The van der Waals surface area contributed by atoms with E-state index in [-0.39, 0.29) is 16.8 Å². The third-order valence-corrected chi connectivity index (χ3v) is 4.88. The molecular formula is C19H13ClN4O2S. The number of carbonyl (C=O) groups is 1. The minimum absolute atomic E-state index is 0.116. The first kappa shape index (κ1) is 17.5. The van der Waals surface area contributed by atoms with Gasteiger partial charge in [0.15, 0.2) is 5.15 Å². The molecule has 27 heavy (non-hydrogen) atoms. The van der Waals surface area contributed by atoms with E-state index in [0.29, 0.717) is 16.8 Å². The van der Waals surface area contributed by atoms with E-state index in [9.17, 15) is 4.79 Å². The lowest BCUT2D eigenvalue weighted by Gasteiger charge is -2.04. The summed E-state index contributed by atoms with van der Waals surface area (Å²) < 4.78 is 5.67. The number of carbonyl (C=O) groups excluding carboxylic acids is 1. The Hall–Kier alpha value is -2.90. The van der Waals surface area contributed by atoms with Gasteiger partial charge in [-0.2, -0.15) is 0 Å². The van der Waals surface area contributed by atoms with Gasteiger partial charge in [-0.25, -0.2) is 4.98 Å². The molecule has 0 aliphatic rings. The van der Waals surface area contributed by atoms with Gasteiger partial charge in [-0.1, -0.05) is 53.7 Å². The molecule has 0 radical (unpaired) electrons. The number of fused-ring (bicyclic) bond motifs is 1. The van der Waals surface area contributed by atoms with Crippen LogP contribution in [-0.2, 0) is 4.79 Å². The summed E-state index contributed by atoms with van der Waals surface area (Å²) in [6, 6.07) is 17.4. The summed E-state index contributed by atoms with van der Waals surface area (Å²) in [6.07, 6.45) is 1.56. The van der Waals surface area contributed by atoms with Crippen LogP contribution in [-0.4, -0.2) is 26.8 Å². The molecular weight excluding hydrogens is 384 g/mol. The molecule has 0 aliphatic heterocycles. The summed E-state index contributed by atoms with van der Waals surface area (Å²) in [5.74, 6) is 0.296. The molecule has 0 saturated heterocycles. The zero-order valence-corrected chi connectivity index (χ0v) is 15.5. The van der Waals surface area contributed by atoms with E-state index in [2.05, 4.69) is 20.5 Å². The summed E-state index contributed by atoms with van der Waals surface area (Å²) in [6.45, 7) is 0. The van der Waals surface area contributed by atoms with Gasteiger partial charge in [-0.3, -0.25) is 4.79 Å². The maximum absolute atomic E-state index is 12.1. The molecule has 0 aliphatic carbocycles. The highest BCUT2D eigenvalue weighted by Crippen LogP contribution is 2.26. The highest BCUT2D eigenvalue weighted by molar-refractivity contribution is 7.99. The number of nitrogens with zero attached hydrogens (tertiary/aromatic N) is 3. The maximum atomic E-state index is 12.1. The molecule has 0 unspecified atom stereocenters. The van der Waals surface area contributed by atoms with E-state index < -0.39 is 0 Å².